The van der Waals surface area contributed by atoms with E-state index in [9.17, 15) is 4.79 Å². The fourth-order valence-corrected chi connectivity index (χ4v) is 3.30. The van der Waals surface area contributed by atoms with Crippen molar-refractivity contribution in [3.8, 4) is 11.5 Å². The number of rotatable bonds is 8. The SMILES string of the molecule is COc1cc(/C=C/C(=O)NCc2ccccc2)cc(Br)c1OCc1ccccc1. The van der Waals surface area contributed by atoms with Crippen molar-refractivity contribution in [2.24, 2.45) is 0 Å². The van der Waals surface area contributed by atoms with Crippen LogP contribution in [-0.2, 0) is 17.9 Å². The summed E-state index contributed by atoms with van der Waals surface area (Å²) >= 11 is 3.54. The Hall–Kier alpha value is -3.05. The number of amides is 1. The summed E-state index contributed by atoms with van der Waals surface area (Å²) < 4.78 is 12.2. The molecule has 4 nitrogen and oxygen atoms in total. The van der Waals surface area contributed by atoms with Gasteiger partial charge in [0.05, 0.1) is 11.6 Å². The minimum absolute atomic E-state index is 0.159. The fourth-order valence-electron chi connectivity index (χ4n) is 2.72. The van der Waals surface area contributed by atoms with Gasteiger partial charge in [-0.3, -0.25) is 4.79 Å². The van der Waals surface area contributed by atoms with Crippen molar-refractivity contribution in [3.05, 3.63) is 100 Å². The highest BCUT2D eigenvalue weighted by atomic mass is 79.9. The highest BCUT2D eigenvalue weighted by molar-refractivity contribution is 9.10. The molecule has 0 aliphatic carbocycles. The number of benzene rings is 3. The minimum Gasteiger partial charge on any atom is -0.493 e. The molecule has 0 aliphatic heterocycles. The topological polar surface area (TPSA) is 47.6 Å². The summed E-state index contributed by atoms with van der Waals surface area (Å²) in [6.45, 7) is 0.927. The average molecular weight is 452 g/mol. The minimum atomic E-state index is -0.159. The largest absolute Gasteiger partial charge is 0.493 e. The van der Waals surface area contributed by atoms with E-state index in [1.807, 2.05) is 72.8 Å². The summed E-state index contributed by atoms with van der Waals surface area (Å²) in [6, 6.07) is 23.4. The van der Waals surface area contributed by atoms with Gasteiger partial charge in [-0.1, -0.05) is 60.7 Å². The van der Waals surface area contributed by atoms with Gasteiger partial charge in [-0.15, -0.1) is 0 Å². The van der Waals surface area contributed by atoms with Gasteiger partial charge in [-0.25, -0.2) is 0 Å². The van der Waals surface area contributed by atoms with Crippen LogP contribution < -0.4 is 14.8 Å². The first kappa shape index (κ1) is 20.7. The summed E-state index contributed by atoms with van der Waals surface area (Å²) in [7, 11) is 1.59. The lowest BCUT2D eigenvalue weighted by atomic mass is 10.1. The lowest BCUT2D eigenvalue weighted by molar-refractivity contribution is -0.116. The quantitative estimate of drug-likeness (QED) is 0.468. The van der Waals surface area contributed by atoms with E-state index >= 15 is 0 Å². The second-order valence-electron chi connectivity index (χ2n) is 6.35. The molecular weight excluding hydrogens is 430 g/mol. The molecule has 3 aromatic carbocycles. The molecule has 0 heterocycles. The van der Waals surface area contributed by atoms with E-state index in [-0.39, 0.29) is 5.91 Å². The van der Waals surface area contributed by atoms with Crippen LogP contribution in [0.15, 0.2) is 83.3 Å². The second kappa shape index (κ2) is 10.5. The van der Waals surface area contributed by atoms with Gasteiger partial charge in [-0.2, -0.15) is 0 Å². The Bertz CT molecular complexity index is 972. The summed E-state index contributed by atoms with van der Waals surface area (Å²) in [4.78, 5) is 12.1. The molecule has 0 aliphatic rings. The van der Waals surface area contributed by atoms with E-state index in [4.69, 9.17) is 9.47 Å². The van der Waals surface area contributed by atoms with Crippen molar-refractivity contribution < 1.29 is 14.3 Å². The molecule has 148 valence electrons. The molecule has 0 radical (unpaired) electrons. The number of nitrogens with one attached hydrogen (secondary N) is 1. The molecule has 0 aromatic heterocycles. The van der Waals surface area contributed by atoms with Crippen molar-refractivity contribution in [1.82, 2.24) is 5.32 Å². The van der Waals surface area contributed by atoms with Gasteiger partial charge >= 0.3 is 0 Å². The van der Waals surface area contributed by atoms with Gasteiger partial charge in [-0.05, 0) is 50.8 Å². The van der Waals surface area contributed by atoms with Crippen LogP contribution in [0.25, 0.3) is 6.08 Å². The molecule has 0 bridgehead atoms. The van der Waals surface area contributed by atoms with E-state index in [2.05, 4.69) is 21.2 Å². The highest BCUT2D eigenvalue weighted by Gasteiger charge is 2.11. The van der Waals surface area contributed by atoms with Crippen molar-refractivity contribution in [1.29, 1.82) is 0 Å². The van der Waals surface area contributed by atoms with Crippen molar-refractivity contribution in [3.63, 3.8) is 0 Å². The van der Waals surface area contributed by atoms with E-state index in [1.165, 1.54) is 6.08 Å². The smallest absolute Gasteiger partial charge is 0.244 e. The first-order valence-electron chi connectivity index (χ1n) is 9.20. The number of hydrogen-bond donors (Lipinski definition) is 1. The van der Waals surface area contributed by atoms with Crippen molar-refractivity contribution >= 4 is 27.9 Å². The Balaban J connectivity index is 1.64. The summed E-state index contributed by atoms with van der Waals surface area (Å²) in [5, 5.41) is 2.87. The third-order valence-electron chi connectivity index (χ3n) is 4.21. The number of ether oxygens (including phenoxy) is 2. The number of carbonyl (C=O) groups excluding carboxylic acids is 1. The van der Waals surface area contributed by atoms with Gasteiger partial charge in [0.1, 0.15) is 6.61 Å². The number of carbonyl (C=O) groups is 1. The van der Waals surface area contributed by atoms with Crippen LogP contribution in [0.3, 0.4) is 0 Å². The predicted octanol–water partition coefficient (Wildman–Crippen LogP) is 5.37. The molecule has 0 spiro atoms. The first-order valence-corrected chi connectivity index (χ1v) is 9.99. The van der Waals surface area contributed by atoms with Crippen molar-refractivity contribution in [2.45, 2.75) is 13.2 Å². The maximum absolute atomic E-state index is 12.1. The lowest BCUT2D eigenvalue weighted by Gasteiger charge is -2.13. The monoisotopic (exact) mass is 451 g/mol. The normalized spacial score (nSPS) is 10.7. The maximum atomic E-state index is 12.1. The van der Waals surface area contributed by atoms with Crippen LogP contribution >= 0.6 is 15.9 Å². The number of halogens is 1. The second-order valence-corrected chi connectivity index (χ2v) is 7.20. The number of hydrogen-bond acceptors (Lipinski definition) is 3. The predicted molar refractivity (Wildman–Crippen MR) is 119 cm³/mol. The molecule has 1 N–H and O–H groups in total. The van der Waals surface area contributed by atoms with Gasteiger partial charge < -0.3 is 14.8 Å². The average Bonchev–Trinajstić information content (AvgIpc) is 2.76. The van der Waals surface area contributed by atoms with Crippen LogP contribution in [0.4, 0.5) is 0 Å². The van der Waals surface area contributed by atoms with E-state index < -0.39 is 0 Å². The first-order chi connectivity index (χ1) is 14.2. The Labute approximate surface area is 179 Å². The number of methoxy groups -OCH3 is 1. The highest BCUT2D eigenvalue weighted by Crippen LogP contribution is 2.37. The van der Waals surface area contributed by atoms with Gasteiger partial charge in [0.15, 0.2) is 11.5 Å². The molecule has 0 unspecified atom stereocenters. The maximum Gasteiger partial charge on any atom is 0.244 e. The van der Waals surface area contributed by atoms with Crippen LogP contribution in [0.2, 0.25) is 0 Å². The zero-order chi connectivity index (χ0) is 20.5. The lowest BCUT2D eigenvalue weighted by Crippen LogP contribution is -2.20. The molecule has 0 saturated heterocycles. The van der Waals surface area contributed by atoms with Gasteiger partial charge in [0.2, 0.25) is 5.91 Å². The van der Waals surface area contributed by atoms with Crippen LogP contribution in [0, 0.1) is 0 Å². The zero-order valence-corrected chi connectivity index (χ0v) is 17.7. The van der Waals surface area contributed by atoms with Crippen LogP contribution in [-0.4, -0.2) is 13.0 Å². The molecule has 3 aromatic rings. The van der Waals surface area contributed by atoms with Crippen LogP contribution in [0.5, 0.6) is 11.5 Å². The Kier molecular flexibility index (Phi) is 7.47. The van der Waals surface area contributed by atoms with Gasteiger partial charge in [0.25, 0.3) is 0 Å². The fraction of sp³-hybridized carbons (Fsp3) is 0.125. The molecule has 0 saturated carbocycles. The summed E-state index contributed by atoms with van der Waals surface area (Å²) in [6.07, 6.45) is 3.25. The van der Waals surface area contributed by atoms with Crippen LogP contribution in [0.1, 0.15) is 16.7 Å². The standard InChI is InChI=1S/C24H22BrNO3/c1-28-22-15-20(12-13-23(27)26-16-18-8-4-2-5-9-18)14-21(25)24(22)29-17-19-10-6-3-7-11-19/h2-15H,16-17H2,1H3,(H,26,27)/b13-12+. The van der Waals surface area contributed by atoms with Crippen molar-refractivity contribution in [2.75, 3.05) is 7.11 Å². The summed E-state index contributed by atoms with van der Waals surface area (Å²) in [5.74, 6) is 1.06. The molecule has 1 amide bonds. The molecule has 0 atom stereocenters. The van der Waals surface area contributed by atoms with E-state index in [0.717, 1.165) is 21.2 Å². The molecule has 0 fully saturated rings. The zero-order valence-electron chi connectivity index (χ0n) is 16.1. The Morgan fingerprint density at radius 1 is 1.00 bits per heavy atom. The van der Waals surface area contributed by atoms with E-state index in [0.29, 0.717) is 24.7 Å². The molecule has 5 heteroatoms. The third kappa shape index (κ3) is 6.22. The summed E-state index contributed by atoms with van der Waals surface area (Å²) in [5.41, 5.74) is 2.95. The molecule has 29 heavy (non-hydrogen) atoms. The van der Waals surface area contributed by atoms with E-state index in [1.54, 1.807) is 13.2 Å². The van der Waals surface area contributed by atoms with Gasteiger partial charge in [0, 0.05) is 12.6 Å². The third-order valence-corrected chi connectivity index (χ3v) is 4.80. The Morgan fingerprint density at radius 2 is 1.66 bits per heavy atom. The molecule has 3 rings (SSSR count). The Morgan fingerprint density at radius 3 is 2.31 bits per heavy atom. The molecular formula is C24H22BrNO3.